The number of piperazine rings is 1. The molecule has 1 atom stereocenters. The van der Waals surface area contributed by atoms with E-state index in [1.807, 2.05) is 0 Å². The van der Waals surface area contributed by atoms with Gasteiger partial charge < -0.3 is 5.32 Å². The maximum Gasteiger partial charge on any atom is 0.0195 e. The van der Waals surface area contributed by atoms with Crippen LogP contribution in [0.4, 0.5) is 0 Å². The molecule has 1 saturated heterocycles. The number of likely N-dealkylation sites (N-methyl/N-ethyl adjacent to an activating group) is 2. The molecular formula is C11H25N3. The molecule has 14 heavy (non-hydrogen) atoms. The number of nitrogens with zero attached hydrogens (tertiary/aromatic N) is 2. The fourth-order valence-electron chi connectivity index (χ4n) is 2.16. The van der Waals surface area contributed by atoms with Gasteiger partial charge in [-0.15, -0.1) is 0 Å². The molecule has 3 heteroatoms. The van der Waals surface area contributed by atoms with Gasteiger partial charge in [-0.05, 0) is 20.0 Å². The number of hydrogen-bond acceptors (Lipinski definition) is 3. The molecule has 1 aliphatic rings. The largest absolute Gasteiger partial charge is 0.316 e. The van der Waals surface area contributed by atoms with Crippen LogP contribution in [-0.2, 0) is 0 Å². The van der Waals surface area contributed by atoms with E-state index >= 15 is 0 Å². The Hall–Kier alpha value is -0.120. The highest BCUT2D eigenvalue weighted by molar-refractivity contribution is 4.78. The van der Waals surface area contributed by atoms with Crippen LogP contribution in [0.3, 0.4) is 0 Å². The van der Waals surface area contributed by atoms with E-state index in [1.165, 1.54) is 32.7 Å². The quantitative estimate of drug-likeness (QED) is 0.655. The minimum absolute atomic E-state index is 0.732. The second kappa shape index (κ2) is 6.38. The molecule has 0 radical (unpaired) electrons. The third-order valence-corrected chi connectivity index (χ3v) is 3.11. The molecule has 1 fully saturated rings. The van der Waals surface area contributed by atoms with Gasteiger partial charge in [-0.1, -0.05) is 13.8 Å². The van der Waals surface area contributed by atoms with E-state index in [9.17, 15) is 0 Å². The van der Waals surface area contributed by atoms with E-state index in [0.717, 1.165) is 19.1 Å². The van der Waals surface area contributed by atoms with Crippen molar-refractivity contribution >= 4 is 0 Å². The molecule has 1 rings (SSSR count). The molecule has 1 N–H and O–H groups in total. The SMILES string of the molecule is CCNCCN1CCN(CC)C(C)C1. The zero-order valence-electron chi connectivity index (χ0n) is 9.92. The van der Waals surface area contributed by atoms with Crippen LogP contribution < -0.4 is 5.32 Å². The Balaban J connectivity index is 2.18. The average molecular weight is 199 g/mol. The summed E-state index contributed by atoms with van der Waals surface area (Å²) < 4.78 is 0. The summed E-state index contributed by atoms with van der Waals surface area (Å²) in [6.45, 7) is 15.1. The average Bonchev–Trinajstić information content (AvgIpc) is 2.18. The lowest BCUT2D eigenvalue weighted by Gasteiger charge is -2.39. The lowest BCUT2D eigenvalue weighted by Crippen LogP contribution is -2.52. The predicted molar refractivity (Wildman–Crippen MR) is 61.7 cm³/mol. The van der Waals surface area contributed by atoms with Crippen LogP contribution in [0.5, 0.6) is 0 Å². The first-order chi connectivity index (χ1) is 6.77. The summed E-state index contributed by atoms with van der Waals surface area (Å²) in [4.78, 5) is 5.13. The summed E-state index contributed by atoms with van der Waals surface area (Å²) >= 11 is 0. The standard InChI is InChI=1S/C11H25N3/c1-4-12-6-7-13-8-9-14(5-2)11(3)10-13/h11-12H,4-10H2,1-3H3. The molecule has 84 valence electrons. The van der Waals surface area contributed by atoms with Crippen LogP contribution in [-0.4, -0.2) is 61.7 Å². The second-order valence-electron chi connectivity index (χ2n) is 4.13. The van der Waals surface area contributed by atoms with Gasteiger partial charge >= 0.3 is 0 Å². The van der Waals surface area contributed by atoms with Crippen molar-refractivity contribution in [2.75, 3.05) is 45.8 Å². The highest BCUT2D eigenvalue weighted by Gasteiger charge is 2.21. The Morgan fingerprint density at radius 2 is 2.07 bits per heavy atom. The first kappa shape index (κ1) is 12.0. The fraction of sp³-hybridized carbons (Fsp3) is 1.00. The molecule has 0 aromatic rings. The van der Waals surface area contributed by atoms with Crippen molar-refractivity contribution in [3.8, 4) is 0 Å². The summed E-state index contributed by atoms with van der Waals surface area (Å²) in [5.41, 5.74) is 0. The van der Waals surface area contributed by atoms with Crippen LogP contribution in [0, 0.1) is 0 Å². The van der Waals surface area contributed by atoms with Gasteiger partial charge in [0, 0.05) is 38.8 Å². The van der Waals surface area contributed by atoms with Crippen molar-refractivity contribution in [2.24, 2.45) is 0 Å². The van der Waals surface area contributed by atoms with Gasteiger partial charge in [0.25, 0.3) is 0 Å². The summed E-state index contributed by atoms with van der Waals surface area (Å²) in [6.07, 6.45) is 0. The van der Waals surface area contributed by atoms with Gasteiger partial charge in [-0.3, -0.25) is 9.80 Å². The van der Waals surface area contributed by atoms with E-state index in [2.05, 4.69) is 35.9 Å². The fourth-order valence-corrected chi connectivity index (χ4v) is 2.16. The molecule has 0 aromatic carbocycles. The van der Waals surface area contributed by atoms with Crippen LogP contribution in [0.2, 0.25) is 0 Å². The molecule has 1 heterocycles. The van der Waals surface area contributed by atoms with Gasteiger partial charge in [-0.25, -0.2) is 0 Å². The Kier molecular flexibility index (Phi) is 5.45. The highest BCUT2D eigenvalue weighted by atomic mass is 15.3. The van der Waals surface area contributed by atoms with Crippen molar-refractivity contribution in [3.63, 3.8) is 0 Å². The van der Waals surface area contributed by atoms with Crippen molar-refractivity contribution in [2.45, 2.75) is 26.8 Å². The monoisotopic (exact) mass is 199 g/mol. The third-order valence-electron chi connectivity index (χ3n) is 3.11. The van der Waals surface area contributed by atoms with E-state index in [0.29, 0.717) is 0 Å². The number of hydrogen-bond donors (Lipinski definition) is 1. The predicted octanol–water partition coefficient (Wildman–Crippen LogP) is 0.622. The van der Waals surface area contributed by atoms with E-state index in [-0.39, 0.29) is 0 Å². The molecule has 0 aromatic heterocycles. The van der Waals surface area contributed by atoms with Crippen LogP contribution in [0.15, 0.2) is 0 Å². The molecule has 0 aliphatic carbocycles. The molecule has 0 amide bonds. The first-order valence-electron chi connectivity index (χ1n) is 5.95. The van der Waals surface area contributed by atoms with Crippen LogP contribution in [0.25, 0.3) is 0 Å². The second-order valence-corrected chi connectivity index (χ2v) is 4.13. The molecule has 0 saturated carbocycles. The van der Waals surface area contributed by atoms with Gasteiger partial charge in [0.15, 0.2) is 0 Å². The molecular weight excluding hydrogens is 174 g/mol. The number of rotatable bonds is 5. The summed E-state index contributed by atoms with van der Waals surface area (Å²) in [5, 5.41) is 3.38. The molecule has 3 nitrogen and oxygen atoms in total. The molecule has 1 unspecified atom stereocenters. The number of nitrogens with one attached hydrogen (secondary N) is 1. The Labute approximate surface area is 88.5 Å². The summed E-state index contributed by atoms with van der Waals surface area (Å²) in [7, 11) is 0. The van der Waals surface area contributed by atoms with Crippen LogP contribution in [0.1, 0.15) is 20.8 Å². The van der Waals surface area contributed by atoms with E-state index < -0.39 is 0 Å². The Morgan fingerprint density at radius 1 is 1.29 bits per heavy atom. The maximum absolute atomic E-state index is 3.38. The van der Waals surface area contributed by atoms with Crippen LogP contribution >= 0.6 is 0 Å². The Morgan fingerprint density at radius 3 is 2.64 bits per heavy atom. The molecule has 0 spiro atoms. The zero-order valence-corrected chi connectivity index (χ0v) is 9.92. The maximum atomic E-state index is 3.38. The minimum Gasteiger partial charge on any atom is -0.316 e. The molecule has 1 aliphatic heterocycles. The highest BCUT2D eigenvalue weighted by Crippen LogP contribution is 2.07. The smallest absolute Gasteiger partial charge is 0.0195 e. The summed E-state index contributed by atoms with van der Waals surface area (Å²) in [5.74, 6) is 0. The van der Waals surface area contributed by atoms with Gasteiger partial charge in [0.05, 0.1) is 0 Å². The molecule has 0 bridgehead atoms. The zero-order chi connectivity index (χ0) is 10.4. The lowest BCUT2D eigenvalue weighted by molar-refractivity contribution is 0.0889. The topological polar surface area (TPSA) is 18.5 Å². The normalized spacial score (nSPS) is 25.5. The third kappa shape index (κ3) is 3.56. The van der Waals surface area contributed by atoms with E-state index in [4.69, 9.17) is 0 Å². The van der Waals surface area contributed by atoms with Gasteiger partial charge in [0.2, 0.25) is 0 Å². The van der Waals surface area contributed by atoms with E-state index in [1.54, 1.807) is 0 Å². The van der Waals surface area contributed by atoms with Gasteiger partial charge in [0.1, 0.15) is 0 Å². The van der Waals surface area contributed by atoms with Crippen molar-refractivity contribution in [1.29, 1.82) is 0 Å². The van der Waals surface area contributed by atoms with Gasteiger partial charge in [-0.2, -0.15) is 0 Å². The Bertz CT molecular complexity index is 147. The summed E-state index contributed by atoms with van der Waals surface area (Å²) in [6, 6.07) is 0.732. The van der Waals surface area contributed by atoms with Crippen molar-refractivity contribution in [3.05, 3.63) is 0 Å². The van der Waals surface area contributed by atoms with Crippen molar-refractivity contribution < 1.29 is 0 Å². The minimum atomic E-state index is 0.732. The first-order valence-corrected chi connectivity index (χ1v) is 5.95. The van der Waals surface area contributed by atoms with Crippen molar-refractivity contribution in [1.82, 2.24) is 15.1 Å². The lowest BCUT2D eigenvalue weighted by atomic mass is 10.2.